The Balaban J connectivity index is 2.84. The van der Waals surface area contributed by atoms with Crippen LogP contribution in [0.3, 0.4) is 0 Å². The summed E-state index contributed by atoms with van der Waals surface area (Å²) in [6.07, 6.45) is 7.04. The van der Waals surface area contributed by atoms with Crippen molar-refractivity contribution in [2.75, 3.05) is 0 Å². The molecule has 1 aliphatic carbocycles. The van der Waals surface area contributed by atoms with Gasteiger partial charge in [0.25, 0.3) is 0 Å². The molecule has 0 aliphatic heterocycles. The molecule has 0 aromatic carbocycles. The average molecular weight is 156 g/mol. The first-order valence-corrected chi connectivity index (χ1v) is 4.87. The summed E-state index contributed by atoms with van der Waals surface area (Å²) >= 11 is 2.31. The van der Waals surface area contributed by atoms with Crippen LogP contribution in [-0.2, 0) is 0 Å². The van der Waals surface area contributed by atoms with Crippen molar-refractivity contribution < 1.29 is 0 Å². The molecule has 12 heavy (non-hydrogen) atoms. The molecule has 1 rings (SSSR count). The summed E-state index contributed by atoms with van der Waals surface area (Å²) < 4.78 is 0.305. The molecule has 0 aromatic rings. The summed E-state index contributed by atoms with van der Waals surface area (Å²) in [5.41, 5.74) is 1.49. The molecule has 0 bridgehead atoms. The van der Waals surface area contributed by atoms with Gasteiger partial charge in [-0.2, -0.15) is 0 Å². The van der Waals surface area contributed by atoms with Crippen LogP contribution in [0.4, 0.5) is 0 Å². The summed E-state index contributed by atoms with van der Waals surface area (Å²) in [7, 11) is 0. The van der Waals surface area contributed by atoms with Crippen molar-refractivity contribution in [2.45, 2.75) is 31.8 Å². The van der Waals surface area contributed by atoms with Gasteiger partial charge in [-0.3, -0.25) is 0 Å². The van der Waals surface area contributed by atoms with E-state index in [-0.39, 0.29) is 0 Å². The summed E-state index contributed by atoms with van der Waals surface area (Å²) in [6, 6.07) is 0. The van der Waals surface area contributed by atoms with E-state index in [2.05, 4.69) is 63.6 Å². The molecule has 1 atom stereocenters. The normalized spacial score (nSPS) is 28.8. The molecule has 1 aliphatic rings. The van der Waals surface area contributed by atoms with E-state index in [4.69, 9.17) is 0 Å². The third kappa shape index (κ3) is 1.87. The van der Waals surface area contributed by atoms with Crippen LogP contribution in [-0.4, -0.2) is 17.7 Å². The first kappa shape index (κ1) is 10.2. The molecule has 62 valence electrons. The van der Waals surface area contributed by atoms with E-state index in [1.165, 1.54) is 5.57 Å². The van der Waals surface area contributed by atoms with Gasteiger partial charge < -0.3 is 0 Å². The Hall–Kier alpha value is 0.0774. The van der Waals surface area contributed by atoms with E-state index < -0.39 is 0 Å². The molecule has 0 fully saturated rings. The van der Waals surface area contributed by atoms with E-state index >= 15 is 0 Å². The quantitative estimate of drug-likeness (QED) is 0.539. The van der Waals surface area contributed by atoms with Gasteiger partial charge in [0.1, 0.15) is 0 Å². The van der Waals surface area contributed by atoms with Crippen LogP contribution in [0.1, 0.15) is 27.7 Å². The fourth-order valence-corrected chi connectivity index (χ4v) is 1.45. The van der Waals surface area contributed by atoms with Crippen LogP contribution in [0.5, 0.6) is 0 Å². The van der Waals surface area contributed by atoms with Gasteiger partial charge in [-0.1, -0.05) is 0 Å². The third-order valence-corrected chi connectivity index (χ3v) is 3.02. The maximum atomic E-state index is 2.42. The molecule has 0 aromatic heterocycles. The van der Waals surface area contributed by atoms with Gasteiger partial charge in [-0.05, 0) is 0 Å². The van der Waals surface area contributed by atoms with Crippen molar-refractivity contribution in [1.29, 1.82) is 0 Å². The van der Waals surface area contributed by atoms with Gasteiger partial charge in [-0.15, -0.1) is 0 Å². The van der Waals surface area contributed by atoms with Crippen molar-refractivity contribution in [2.24, 2.45) is 11.8 Å². The molecule has 0 radical (unpaired) electrons. The summed E-state index contributed by atoms with van der Waals surface area (Å²) in [6.45, 7) is 9.07. The van der Waals surface area contributed by atoms with Gasteiger partial charge >= 0.3 is 85.1 Å². The zero-order chi connectivity index (χ0) is 9.35. The van der Waals surface area contributed by atoms with Crippen molar-refractivity contribution in [3.63, 3.8) is 0 Å². The minimum absolute atomic E-state index is 0.305. The monoisotopic (exact) mass is 156 g/mol. The van der Waals surface area contributed by atoms with Crippen molar-refractivity contribution >= 4 is 17.7 Å². The number of allylic oxidation sites excluding steroid dienone is 4. The molecule has 0 saturated carbocycles. The van der Waals surface area contributed by atoms with Gasteiger partial charge in [0, 0.05) is 0 Å². The van der Waals surface area contributed by atoms with Gasteiger partial charge in [0.05, 0.1) is 0 Å². The Morgan fingerprint density at radius 3 is 2.08 bits per heavy atom. The second-order valence-corrected chi connectivity index (χ2v) is 4.65. The Morgan fingerprint density at radius 1 is 1.25 bits per heavy atom. The van der Waals surface area contributed by atoms with Crippen molar-refractivity contribution in [3.8, 4) is 0 Å². The SMILES string of the molecule is [Li][C]1(C(C)C)C=CC(C(C)C)=C1. The second kappa shape index (κ2) is 3.44. The van der Waals surface area contributed by atoms with E-state index in [0.29, 0.717) is 15.9 Å². The third-order valence-electron chi connectivity index (χ3n) is 3.02. The topological polar surface area (TPSA) is 0 Å². The predicted molar refractivity (Wildman–Crippen MR) is 55.3 cm³/mol. The second-order valence-electron chi connectivity index (χ2n) is 4.65. The molecule has 0 spiro atoms. The summed E-state index contributed by atoms with van der Waals surface area (Å²) in [5, 5.41) is 0. The first-order valence-electron chi connectivity index (χ1n) is 4.87. The molecule has 1 heteroatoms. The molecule has 0 amide bonds. The van der Waals surface area contributed by atoms with Crippen molar-refractivity contribution in [1.82, 2.24) is 0 Å². The van der Waals surface area contributed by atoms with Gasteiger partial charge in [-0.25, -0.2) is 0 Å². The molecular formula is C11H17Li. The molecular weight excluding hydrogens is 139 g/mol. The number of hydrogen-bond donors (Lipinski definition) is 0. The van der Waals surface area contributed by atoms with E-state index in [1.54, 1.807) is 0 Å². The average Bonchev–Trinajstić information content (AvgIpc) is 2.33. The zero-order valence-electron chi connectivity index (χ0n) is 8.89. The Labute approximate surface area is 85.3 Å². The molecule has 0 nitrogen and oxygen atoms in total. The fraction of sp³-hybridized carbons (Fsp3) is 0.636. The van der Waals surface area contributed by atoms with Gasteiger partial charge in [0.15, 0.2) is 0 Å². The van der Waals surface area contributed by atoms with E-state index in [0.717, 1.165) is 0 Å². The standard InChI is InChI=1S/C11H17.Li/c1-8(2)10-5-6-11(7-10)9(3)4;/h5-9H,1-4H3;. The first-order chi connectivity index (χ1) is 5.46. The van der Waals surface area contributed by atoms with Gasteiger partial charge in [0.2, 0.25) is 0 Å². The molecule has 0 saturated heterocycles. The Morgan fingerprint density at radius 2 is 1.83 bits per heavy atom. The maximum absolute atomic E-state index is 2.42. The van der Waals surface area contributed by atoms with Crippen LogP contribution < -0.4 is 0 Å². The molecule has 0 N–H and O–H groups in total. The number of rotatable bonds is 2. The summed E-state index contributed by atoms with van der Waals surface area (Å²) in [5.74, 6) is 1.37. The van der Waals surface area contributed by atoms with Crippen LogP contribution in [0.2, 0.25) is 4.09 Å². The van der Waals surface area contributed by atoms with Crippen molar-refractivity contribution in [3.05, 3.63) is 23.8 Å². The van der Waals surface area contributed by atoms with Crippen LogP contribution >= 0.6 is 0 Å². The summed E-state index contributed by atoms with van der Waals surface area (Å²) in [4.78, 5) is 0. The Bertz CT molecular complexity index is 223. The molecule has 0 heterocycles. The molecule has 1 unspecified atom stereocenters. The Kier molecular flexibility index (Phi) is 2.91. The fourth-order valence-electron chi connectivity index (χ4n) is 1.45. The number of hydrogen-bond acceptors (Lipinski definition) is 0. The van der Waals surface area contributed by atoms with Crippen LogP contribution in [0, 0.1) is 11.8 Å². The predicted octanol–water partition coefficient (Wildman–Crippen LogP) is 3.12. The zero-order valence-corrected chi connectivity index (χ0v) is 8.89. The van der Waals surface area contributed by atoms with Crippen LogP contribution in [0.25, 0.3) is 0 Å². The van der Waals surface area contributed by atoms with Crippen LogP contribution in [0.15, 0.2) is 23.8 Å². The van der Waals surface area contributed by atoms with E-state index in [9.17, 15) is 0 Å². The minimum atomic E-state index is 0.305. The van der Waals surface area contributed by atoms with E-state index in [1.807, 2.05) is 0 Å².